The van der Waals surface area contributed by atoms with Gasteiger partial charge < -0.3 is 5.32 Å². The highest BCUT2D eigenvalue weighted by molar-refractivity contribution is 5.46. The fourth-order valence-electron chi connectivity index (χ4n) is 1.90. The van der Waals surface area contributed by atoms with Gasteiger partial charge in [0.25, 0.3) is 5.92 Å². The van der Waals surface area contributed by atoms with E-state index in [-0.39, 0.29) is 5.56 Å². The monoisotopic (exact) mass is 261 g/mol. The van der Waals surface area contributed by atoms with E-state index in [1.54, 1.807) is 24.3 Å². The van der Waals surface area contributed by atoms with Gasteiger partial charge in [-0.2, -0.15) is 8.78 Å². The molecular formula is C16H17F2N. The predicted molar refractivity (Wildman–Crippen MR) is 74.6 cm³/mol. The molecule has 2 rings (SSSR count). The highest BCUT2D eigenvalue weighted by Crippen LogP contribution is 2.28. The van der Waals surface area contributed by atoms with Gasteiger partial charge in [0.1, 0.15) is 0 Å². The first-order valence-electron chi connectivity index (χ1n) is 6.38. The van der Waals surface area contributed by atoms with Crippen LogP contribution in [0.1, 0.15) is 18.1 Å². The van der Waals surface area contributed by atoms with Crippen molar-refractivity contribution in [3.8, 4) is 0 Å². The fraction of sp³-hybridized carbons (Fsp3) is 0.250. The largest absolute Gasteiger partial charge is 0.379 e. The molecule has 0 radical (unpaired) electrons. The van der Waals surface area contributed by atoms with E-state index >= 15 is 0 Å². The Hall–Kier alpha value is -1.90. The van der Waals surface area contributed by atoms with Crippen LogP contribution in [0.5, 0.6) is 0 Å². The number of halogens is 2. The maximum absolute atomic E-state index is 14.0. The second kappa shape index (κ2) is 5.83. The van der Waals surface area contributed by atoms with Gasteiger partial charge >= 0.3 is 0 Å². The molecule has 0 saturated heterocycles. The minimum Gasteiger partial charge on any atom is -0.379 e. The van der Waals surface area contributed by atoms with Crippen molar-refractivity contribution in [2.75, 3.05) is 11.9 Å². The number of hydrogen-bond donors (Lipinski definition) is 1. The van der Waals surface area contributed by atoms with Gasteiger partial charge in [-0.1, -0.05) is 49.4 Å². The van der Waals surface area contributed by atoms with E-state index in [1.165, 1.54) is 12.1 Å². The van der Waals surface area contributed by atoms with Crippen molar-refractivity contribution in [1.29, 1.82) is 0 Å². The van der Waals surface area contributed by atoms with Gasteiger partial charge in [0.05, 0.1) is 6.54 Å². The van der Waals surface area contributed by atoms with Gasteiger partial charge in [-0.15, -0.1) is 0 Å². The molecule has 0 aliphatic carbocycles. The van der Waals surface area contributed by atoms with Crippen molar-refractivity contribution < 1.29 is 8.78 Å². The van der Waals surface area contributed by atoms with E-state index in [2.05, 4.69) is 5.32 Å². The molecule has 1 N–H and O–H groups in total. The molecule has 0 aromatic heterocycles. The molecule has 100 valence electrons. The van der Waals surface area contributed by atoms with Crippen molar-refractivity contribution in [3.05, 3.63) is 65.7 Å². The Morgan fingerprint density at radius 2 is 1.74 bits per heavy atom. The zero-order valence-corrected chi connectivity index (χ0v) is 10.9. The topological polar surface area (TPSA) is 12.0 Å². The van der Waals surface area contributed by atoms with E-state index < -0.39 is 12.5 Å². The fourth-order valence-corrected chi connectivity index (χ4v) is 1.90. The average molecular weight is 261 g/mol. The molecule has 0 amide bonds. The maximum atomic E-state index is 14.0. The van der Waals surface area contributed by atoms with Crippen LogP contribution in [-0.4, -0.2) is 6.54 Å². The highest BCUT2D eigenvalue weighted by atomic mass is 19.3. The van der Waals surface area contributed by atoms with Crippen LogP contribution in [0.2, 0.25) is 0 Å². The zero-order chi connectivity index (χ0) is 13.7. The quantitative estimate of drug-likeness (QED) is 0.838. The summed E-state index contributed by atoms with van der Waals surface area (Å²) in [5, 5.41) is 2.81. The summed E-state index contributed by atoms with van der Waals surface area (Å²) >= 11 is 0. The predicted octanol–water partition coefficient (Wildman–Crippen LogP) is 4.45. The Morgan fingerprint density at radius 1 is 1.00 bits per heavy atom. The van der Waals surface area contributed by atoms with Crippen molar-refractivity contribution >= 4 is 5.69 Å². The molecule has 0 atom stereocenters. The minimum absolute atomic E-state index is 0.0362. The molecule has 1 nitrogen and oxygen atoms in total. The average Bonchev–Trinajstić information content (AvgIpc) is 2.46. The number of alkyl halides is 2. The van der Waals surface area contributed by atoms with Gasteiger partial charge in [-0.3, -0.25) is 0 Å². The summed E-state index contributed by atoms with van der Waals surface area (Å²) in [6, 6.07) is 15.5. The van der Waals surface area contributed by atoms with Gasteiger partial charge in [-0.05, 0) is 24.1 Å². The summed E-state index contributed by atoms with van der Waals surface area (Å²) in [7, 11) is 0. The van der Waals surface area contributed by atoms with Crippen LogP contribution >= 0.6 is 0 Å². The van der Waals surface area contributed by atoms with E-state index in [9.17, 15) is 8.78 Å². The van der Waals surface area contributed by atoms with Crippen LogP contribution in [0.3, 0.4) is 0 Å². The van der Waals surface area contributed by atoms with Gasteiger partial charge in [0.15, 0.2) is 0 Å². The second-order valence-corrected chi connectivity index (χ2v) is 4.48. The van der Waals surface area contributed by atoms with Crippen molar-refractivity contribution in [1.82, 2.24) is 0 Å². The van der Waals surface area contributed by atoms with Crippen LogP contribution in [0.15, 0.2) is 54.6 Å². The molecular weight excluding hydrogens is 244 g/mol. The third-order valence-corrected chi connectivity index (χ3v) is 3.05. The summed E-state index contributed by atoms with van der Waals surface area (Å²) in [5.74, 6) is -2.87. The lowest BCUT2D eigenvalue weighted by Crippen LogP contribution is -2.24. The Morgan fingerprint density at radius 3 is 2.42 bits per heavy atom. The molecule has 0 heterocycles. The lowest BCUT2D eigenvalue weighted by atomic mass is 10.1. The lowest BCUT2D eigenvalue weighted by Gasteiger charge is -2.18. The summed E-state index contributed by atoms with van der Waals surface area (Å²) in [5.41, 5.74) is 1.90. The lowest BCUT2D eigenvalue weighted by molar-refractivity contribution is 0.0106. The highest BCUT2D eigenvalue weighted by Gasteiger charge is 2.30. The van der Waals surface area contributed by atoms with Crippen LogP contribution in [-0.2, 0) is 12.3 Å². The van der Waals surface area contributed by atoms with Crippen molar-refractivity contribution in [2.24, 2.45) is 0 Å². The molecule has 0 spiro atoms. The van der Waals surface area contributed by atoms with Crippen molar-refractivity contribution in [2.45, 2.75) is 19.3 Å². The van der Waals surface area contributed by atoms with E-state index in [4.69, 9.17) is 0 Å². The summed E-state index contributed by atoms with van der Waals surface area (Å²) in [6.07, 6.45) is 0.893. The summed E-state index contributed by atoms with van der Waals surface area (Å²) in [4.78, 5) is 0. The van der Waals surface area contributed by atoms with Crippen LogP contribution in [0, 0.1) is 0 Å². The van der Waals surface area contributed by atoms with Crippen LogP contribution in [0.4, 0.5) is 14.5 Å². The van der Waals surface area contributed by atoms with Crippen LogP contribution < -0.4 is 5.32 Å². The molecule has 0 unspecified atom stereocenters. The summed E-state index contributed by atoms with van der Waals surface area (Å²) < 4.78 is 27.9. The number of hydrogen-bond acceptors (Lipinski definition) is 1. The minimum atomic E-state index is -2.87. The molecule has 19 heavy (non-hydrogen) atoms. The third kappa shape index (κ3) is 3.53. The number of rotatable bonds is 5. The van der Waals surface area contributed by atoms with Gasteiger partial charge in [-0.25, -0.2) is 0 Å². The molecule has 0 bridgehead atoms. The SMILES string of the molecule is CCc1cccc(NCC(F)(F)c2ccccc2)c1. The zero-order valence-electron chi connectivity index (χ0n) is 10.9. The first-order chi connectivity index (χ1) is 9.12. The molecule has 3 heteroatoms. The second-order valence-electron chi connectivity index (χ2n) is 4.48. The van der Waals surface area contributed by atoms with E-state index in [1.807, 2.05) is 25.1 Å². The Kier molecular flexibility index (Phi) is 4.15. The molecule has 2 aromatic rings. The van der Waals surface area contributed by atoms with E-state index in [0.717, 1.165) is 17.7 Å². The Labute approximate surface area is 112 Å². The first-order valence-corrected chi connectivity index (χ1v) is 6.38. The number of aryl methyl sites for hydroxylation is 1. The third-order valence-electron chi connectivity index (χ3n) is 3.05. The Bertz CT molecular complexity index is 523. The normalized spacial score (nSPS) is 11.3. The van der Waals surface area contributed by atoms with Crippen LogP contribution in [0.25, 0.3) is 0 Å². The maximum Gasteiger partial charge on any atom is 0.290 e. The van der Waals surface area contributed by atoms with Gasteiger partial charge in [0, 0.05) is 11.3 Å². The van der Waals surface area contributed by atoms with Crippen molar-refractivity contribution in [3.63, 3.8) is 0 Å². The molecule has 0 aliphatic rings. The number of nitrogens with one attached hydrogen (secondary N) is 1. The molecule has 0 fully saturated rings. The first kappa shape index (κ1) is 13.5. The smallest absolute Gasteiger partial charge is 0.290 e. The Balaban J connectivity index is 2.05. The summed E-state index contributed by atoms with van der Waals surface area (Å²) in [6.45, 7) is 1.64. The molecule has 0 saturated carbocycles. The standard InChI is InChI=1S/C16H17F2N/c1-2-13-7-6-10-15(11-13)19-12-16(17,18)14-8-4-3-5-9-14/h3-11,19H,2,12H2,1H3. The molecule has 2 aromatic carbocycles. The number of benzene rings is 2. The number of anilines is 1. The molecule has 0 aliphatic heterocycles. The van der Waals surface area contributed by atoms with Gasteiger partial charge in [0.2, 0.25) is 0 Å². The van der Waals surface area contributed by atoms with E-state index in [0.29, 0.717) is 0 Å².